The number of sulfone groups is 1. The molecule has 0 saturated heterocycles. The number of hydrogen-bond donors (Lipinski definition) is 0. The van der Waals surface area contributed by atoms with Crippen molar-refractivity contribution in [2.45, 2.75) is 19.9 Å². The molecule has 20 heavy (non-hydrogen) atoms. The van der Waals surface area contributed by atoms with Gasteiger partial charge >= 0.3 is 0 Å². The summed E-state index contributed by atoms with van der Waals surface area (Å²) < 4.78 is 26.2. The van der Waals surface area contributed by atoms with Crippen LogP contribution in [0.1, 0.15) is 13.3 Å². The van der Waals surface area contributed by atoms with Crippen LogP contribution in [0.25, 0.3) is 11.4 Å². The third-order valence-electron chi connectivity index (χ3n) is 3.11. The Morgan fingerprint density at radius 3 is 2.60 bits per heavy atom. The van der Waals surface area contributed by atoms with E-state index < -0.39 is 9.84 Å². The number of rotatable bonds is 6. The van der Waals surface area contributed by atoms with Crippen LogP contribution >= 0.6 is 22.6 Å². The predicted octanol–water partition coefficient (Wildman–Crippen LogP) is 2.98. The Morgan fingerprint density at radius 2 is 1.95 bits per heavy atom. The van der Waals surface area contributed by atoms with Gasteiger partial charge in [0.05, 0.1) is 5.75 Å². The summed E-state index contributed by atoms with van der Waals surface area (Å²) in [5, 5.41) is 0. The normalized spacial score (nSPS) is 11.7. The van der Waals surface area contributed by atoms with Gasteiger partial charge in [-0.25, -0.2) is 13.4 Å². The number of halogens is 1. The lowest BCUT2D eigenvalue weighted by atomic mass is 10.2. The second-order valence-corrected chi connectivity index (χ2v) is 8.26. The molecule has 0 radical (unpaired) electrons. The Morgan fingerprint density at radius 1 is 1.25 bits per heavy atom. The second kappa shape index (κ2) is 6.71. The lowest BCUT2D eigenvalue weighted by molar-refractivity contribution is 0.588. The van der Waals surface area contributed by atoms with Crippen molar-refractivity contribution < 1.29 is 8.42 Å². The molecule has 2 rings (SSSR count). The Labute approximate surface area is 133 Å². The maximum Gasteiger partial charge on any atom is 0.150 e. The van der Waals surface area contributed by atoms with Gasteiger partial charge in [-0.15, -0.1) is 0 Å². The smallest absolute Gasteiger partial charge is 0.150 e. The van der Waals surface area contributed by atoms with E-state index in [-0.39, 0.29) is 11.5 Å². The van der Waals surface area contributed by atoms with Crippen LogP contribution in [0, 0.1) is 3.57 Å². The minimum atomic E-state index is -2.89. The van der Waals surface area contributed by atoms with Gasteiger partial charge in [0.1, 0.15) is 15.7 Å². The zero-order valence-electron chi connectivity index (χ0n) is 11.3. The zero-order valence-corrected chi connectivity index (χ0v) is 14.3. The lowest BCUT2D eigenvalue weighted by Gasteiger charge is -2.08. The van der Waals surface area contributed by atoms with Crippen molar-refractivity contribution in [2.75, 3.05) is 11.5 Å². The summed E-state index contributed by atoms with van der Waals surface area (Å²) in [6.45, 7) is 2.35. The fourth-order valence-electron chi connectivity index (χ4n) is 1.95. The van der Waals surface area contributed by atoms with Crippen LogP contribution in [-0.2, 0) is 16.4 Å². The maximum absolute atomic E-state index is 11.5. The fourth-order valence-corrected chi connectivity index (χ4v) is 3.17. The Balaban J connectivity index is 2.08. The molecule has 1 heterocycles. The van der Waals surface area contributed by atoms with E-state index in [9.17, 15) is 8.42 Å². The first-order valence-electron chi connectivity index (χ1n) is 6.49. The minimum absolute atomic E-state index is 0.209. The molecule has 0 amide bonds. The Bertz CT molecular complexity index is 663. The van der Waals surface area contributed by atoms with Gasteiger partial charge in [-0.2, -0.15) is 0 Å². The Kier molecular flexibility index (Phi) is 5.20. The third kappa shape index (κ3) is 4.05. The highest BCUT2D eigenvalue weighted by molar-refractivity contribution is 14.1. The first-order chi connectivity index (χ1) is 9.52. The van der Waals surface area contributed by atoms with E-state index in [1.807, 2.05) is 35.0 Å². The van der Waals surface area contributed by atoms with Gasteiger partial charge in [-0.05, 0) is 41.1 Å². The van der Waals surface area contributed by atoms with Gasteiger partial charge in [0.2, 0.25) is 0 Å². The molecule has 0 aliphatic rings. The molecule has 0 aliphatic heterocycles. The largest absolute Gasteiger partial charge is 0.331 e. The molecule has 0 atom stereocenters. The van der Waals surface area contributed by atoms with Crippen LogP contribution in [0.2, 0.25) is 0 Å². The molecule has 0 spiro atoms. The fraction of sp³-hybridized carbons (Fsp3) is 0.357. The molecule has 4 nitrogen and oxygen atoms in total. The van der Waals surface area contributed by atoms with Crippen LogP contribution in [0.15, 0.2) is 36.7 Å². The highest BCUT2D eigenvalue weighted by Gasteiger charge is 2.09. The van der Waals surface area contributed by atoms with Crippen molar-refractivity contribution in [1.29, 1.82) is 0 Å². The van der Waals surface area contributed by atoms with E-state index in [1.165, 1.54) is 3.57 Å². The third-order valence-corrected chi connectivity index (χ3v) is 5.62. The topological polar surface area (TPSA) is 52.0 Å². The van der Waals surface area contributed by atoms with Crippen LogP contribution in [0.5, 0.6) is 0 Å². The van der Waals surface area contributed by atoms with E-state index in [0.29, 0.717) is 13.0 Å². The average Bonchev–Trinajstić information content (AvgIpc) is 2.88. The van der Waals surface area contributed by atoms with Crippen LogP contribution < -0.4 is 0 Å². The number of imidazole rings is 1. The Hall–Kier alpha value is -0.890. The molecule has 0 saturated carbocycles. The molecule has 108 valence electrons. The summed E-state index contributed by atoms with van der Waals surface area (Å²) in [5.41, 5.74) is 1.05. The van der Waals surface area contributed by atoms with Gasteiger partial charge in [0.25, 0.3) is 0 Å². The second-order valence-electron chi connectivity index (χ2n) is 4.54. The maximum atomic E-state index is 11.5. The van der Waals surface area contributed by atoms with Gasteiger partial charge in [0.15, 0.2) is 0 Å². The molecule has 0 aliphatic carbocycles. The number of nitrogens with zero attached hydrogens (tertiary/aromatic N) is 2. The lowest BCUT2D eigenvalue weighted by Crippen LogP contribution is -2.11. The van der Waals surface area contributed by atoms with Gasteiger partial charge in [-0.1, -0.05) is 19.1 Å². The predicted molar refractivity (Wildman–Crippen MR) is 89.3 cm³/mol. The molecular formula is C14H17IN2O2S. The van der Waals surface area contributed by atoms with Crippen LogP contribution in [0.3, 0.4) is 0 Å². The molecule has 1 aromatic carbocycles. The van der Waals surface area contributed by atoms with E-state index in [2.05, 4.69) is 27.6 Å². The van der Waals surface area contributed by atoms with Crippen molar-refractivity contribution >= 4 is 32.4 Å². The van der Waals surface area contributed by atoms with Gasteiger partial charge < -0.3 is 4.57 Å². The summed E-state index contributed by atoms with van der Waals surface area (Å²) in [4.78, 5) is 4.36. The highest BCUT2D eigenvalue weighted by Crippen LogP contribution is 2.19. The number of benzene rings is 1. The summed E-state index contributed by atoms with van der Waals surface area (Å²) in [6.07, 6.45) is 4.26. The summed E-state index contributed by atoms with van der Waals surface area (Å²) in [6, 6.07) is 8.14. The SMILES string of the molecule is CCS(=O)(=O)CCCn1ccnc1-c1ccc(I)cc1. The molecule has 0 N–H and O–H groups in total. The molecule has 0 bridgehead atoms. The molecule has 2 aromatic rings. The summed E-state index contributed by atoms with van der Waals surface area (Å²) in [5.74, 6) is 1.32. The molecule has 0 fully saturated rings. The van der Waals surface area contributed by atoms with E-state index >= 15 is 0 Å². The number of hydrogen-bond acceptors (Lipinski definition) is 3. The first-order valence-corrected chi connectivity index (χ1v) is 9.39. The average molecular weight is 404 g/mol. The van der Waals surface area contributed by atoms with Crippen molar-refractivity contribution in [3.8, 4) is 11.4 Å². The zero-order chi connectivity index (χ0) is 14.6. The standard InChI is InChI=1S/C14H17IN2O2S/c1-2-20(18,19)11-3-9-17-10-8-16-14(17)12-4-6-13(15)7-5-12/h4-8,10H,2-3,9,11H2,1H3. The van der Waals surface area contributed by atoms with Crippen LogP contribution in [0.4, 0.5) is 0 Å². The van der Waals surface area contributed by atoms with Crippen molar-refractivity contribution in [1.82, 2.24) is 9.55 Å². The van der Waals surface area contributed by atoms with Crippen molar-refractivity contribution in [2.24, 2.45) is 0 Å². The van der Waals surface area contributed by atoms with E-state index in [4.69, 9.17) is 0 Å². The molecule has 0 unspecified atom stereocenters. The van der Waals surface area contributed by atoms with E-state index in [1.54, 1.807) is 13.1 Å². The molecule has 6 heteroatoms. The number of aromatic nitrogens is 2. The van der Waals surface area contributed by atoms with Crippen molar-refractivity contribution in [3.63, 3.8) is 0 Å². The van der Waals surface area contributed by atoms with Crippen LogP contribution in [-0.4, -0.2) is 29.5 Å². The first kappa shape index (κ1) is 15.5. The monoisotopic (exact) mass is 404 g/mol. The van der Waals surface area contributed by atoms with E-state index in [0.717, 1.165) is 11.4 Å². The van der Waals surface area contributed by atoms with Crippen molar-refractivity contribution in [3.05, 3.63) is 40.2 Å². The highest BCUT2D eigenvalue weighted by atomic mass is 127. The molecule has 1 aromatic heterocycles. The summed E-state index contributed by atoms with van der Waals surface area (Å²) in [7, 11) is -2.89. The molecular weight excluding hydrogens is 387 g/mol. The number of aryl methyl sites for hydroxylation is 1. The minimum Gasteiger partial charge on any atom is -0.331 e. The summed E-state index contributed by atoms with van der Waals surface area (Å²) >= 11 is 2.26. The van der Waals surface area contributed by atoms with Gasteiger partial charge in [0, 0.05) is 33.8 Å². The van der Waals surface area contributed by atoms with Gasteiger partial charge in [-0.3, -0.25) is 0 Å². The quantitative estimate of drug-likeness (QED) is 0.696.